The van der Waals surface area contributed by atoms with E-state index in [4.69, 9.17) is 14.2 Å². The van der Waals surface area contributed by atoms with Gasteiger partial charge in [0, 0.05) is 35.0 Å². The molecule has 0 bridgehead atoms. The maximum absolute atomic E-state index is 14.8. The summed E-state index contributed by atoms with van der Waals surface area (Å²) in [6.45, 7) is 1.62. The molecule has 2 aromatic rings. The number of carbonyl (C=O) groups is 4. The molecule has 0 amide bonds. The van der Waals surface area contributed by atoms with Crippen LogP contribution in [0.1, 0.15) is 141 Å². The Bertz CT molecular complexity index is 1940. The Morgan fingerprint density at radius 1 is 0.860 bits per heavy atom. The van der Waals surface area contributed by atoms with Crippen LogP contribution in [0.15, 0.2) is 60.2 Å². The van der Waals surface area contributed by atoms with Gasteiger partial charge in [-0.2, -0.15) is 0 Å². The van der Waals surface area contributed by atoms with E-state index in [-0.39, 0.29) is 54.3 Å². The van der Waals surface area contributed by atoms with E-state index in [1.807, 2.05) is 18.2 Å². The first-order valence-corrected chi connectivity index (χ1v) is 22.3. The third kappa shape index (κ3) is 9.03. The van der Waals surface area contributed by atoms with Crippen LogP contribution < -0.4 is 9.47 Å². The molecule has 6 aliphatic rings. The molecule has 0 aromatic heterocycles. The first-order valence-electron chi connectivity index (χ1n) is 22.3. The van der Waals surface area contributed by atoms with E-state index in [0.717, 1.165) is 91.5 Å². The second-order valence-electron chi connectivity index (χ2n) is 18.4. The molecule has 0 N–H and O–H groups in total. The fourth-order valence-corrected chi connectivity index (χ4v) is 11.1. The molecule has 6 aliphatic carbocycles. The van der Waals surface area contributed by atoms with Gasteiger partial charge in [-0.1, -0.05) is 68.4 Å². The number of esters is 1. The highest BCUT2D eigenvalue weighted by molar-refractivity contribution is 5.97. The second-order valence-corrected chi connectivity index (χ2v) is 18.4. The number of carbonyl (C=O) groups excluding carboxylic acids is 4. The Labute approximate surface area is 339 Å². The van der Waals surface area contributed by atoms with E-state index in [1.54, 1.807) is 14.0 Å². The van der Waals surface area contributed by atoms with Gasteiger partial charge in [0.05, 0.1) is 13.5 Å². The Hall–Kier alpha value is -4.00. The predicted molar refractivity (Wildman–Crippen MR) is 223 cm³/mol. The van der Waals surface area contributed by atoms with Gasteiger partial charge in [-0.05, 0) is 143 Å². The minimum atomic E-state index is -0.687. The standard InChI is InChI=1S/C50H62O7/c1-32(51)50-30-39(50)15-7-5-3-4-6-14-36(27-48(53)57-40-16-10-11-17-40)49(54)45-29-42(28-44(45)46(52)31-50)56-47-26-37(24-38-25-41(55-2)20-21-43(38)47)35-19-18-34(23-35)22-33-12-8-9-13-33/h7,15,19-21,23-26,33,36,39-40,42,44-45H,3-6,8-14,16-18,22,27-31H2,1-2H3/b15-7-. The fraction of sp³-hybridized carbons (Fsp3) is 0.600. The first-order chi connectivity index (χ1) is 27.7. The molecular formula is C50H62O7. The van der Waals surface area contributed by atoms with E-state index >= 15 is 0 Å². The number of hydrogen-bond donors (Lipinski definition) is 0. The lowest BCUT2D eigenvalue weighted by Crippen LogP contribution is -2.34. The fourth-order valence-electron chi connectivity index (χ4n) is 11.1. The average molecular weight is 775 g/mol. The topological polar surface area (TPSA) is 96.0 Å². The van der Waals surface area contributed by atoms with Crippen molar-refractivity contribution < 1.29 is 33.4 Å². The summed E-state index contributed by atoms with van der Waals surface area (Å²) < 4.78 is 18.5. The molecule has 7 heteroatoms. The quantitative estimate of drug-likeness (QED) is 0.175. The minimum Gasteiger partial charge on any atom is -0.497 e. The number of hydrogen-bond acceptors (Lipinski definition) is 7. The molecule has 4 saturated carbocycles. The molecule has 6 unspecified atom stereocenters. The summed E-state index contributed by atoms with van der Waals surface area (Å²) in [7, 11) is 1.68. The van der Waals surface area contributed by atoms with Crippen molar-refractivity contribution in [1.29, 1.82) is 0 Å². The van der Waals surface area contributed by atoms with Crippen molar-refractivity contribution in [2.45, 2.75) is 148 Å². The van der Waals surface area contributed by atoms with Crippen LogP contribution in [0, 0.1) is 35.0 Å². The number of Topliss-reactive ketones (excluding diaryl/α,β-unsaturated/α-hetero) is 3. The summed E-state index contributed by atoms with van der Waals surface area (Å²) in [6.07, 6.45) is 25.9. The summed E-state index contributed by atoms with van der Waals surface area (Å²) >= 11 is 0. The van der Waals surface area contributed by atoms with Crippen molar-refractivity contribution in [2.75, 3.05) is 7.11 Å². The highest BCUT2D eigenvalue weighted by atomic mass is 16.5. The number of rotatable bonds is 10. The van der Waals surface area contributed by atoms with E-state index in [9.17, 15) is 19.2 Å². The number of benzene rings is 2. The molecule has 4 fully saturated rings. The Kier molecular flexibility index (Phi) is 12.2. The van der Waals surface area contributed by atoms with Gasteiger partial charge in [-0.3, -0.25) is 19.2 Å². The lowest BCUT2D eigenvalue weighted by Gasteiger charge is -2.24. The van der Waals surface area contributed by atoms with Crippen molar-refractivity contribution in [3.05, 3.63) is 65.8 Å². The number of ether oxygens (including phenoxy) is 3. The predicted octanol–water partition coefficient (Wildman–Crippen LogP) is 11.1. The third-order valence-electron chi connectivity index (χ3n) is 14.5. The van der Waals surface area contributed by atoms with E-state index in [1.165, 1.54) is 43.3 Å². The minimum absolute atomic E-state index is 0.0144. The van der Waals surface area contributed by atoms with Gasteiger partial charge in [-0.25, -0.2) is 0 Å². The van der Waals surface area contributed by atoms with Crippen LogP contribution in [0.2, 0.25) is 0 Å². The molecule has 0 heterocycles. The van der Waals surface area contributed by atoms with Crippen LogP contribution >= 0.6 is 0 Å². The van der Waals surface area contributed by atoms with Crippen molar-refractivity contribution in [3.63, 3.8) is 0 Å². The van der Waals surface area contributed by atoms with Gasteiger partial charge in [0.1, 0.15) is 41.1 Å². The summed E-state index contributed by atoms with van der Waals surface area (Å²) in [5, 5.41) is 1.97. The molecular weight excluding hydrogens is 713 g/mol. The van der Waals surface area contributed by atoms with Gasteiger partial charge < -0.3 is 14.2 Å². The van der Waals surface area contributed by atoms with E-state index in [2.05, 4.69) is 36.4 Å². The van der Waals surface area contributed by atoms with Crippen molar-refractivity contribution in [2.24, 2.45) is 35.0 Å². The van der Waals surface area contributed by atoms with E-state index < -0.39 is 23.2 Å². The molecule has 6 atom stereocenters. The zero-order valence-corrected chi connectivity index (χ0v) is 34.2. The molecule has 304 valence electrons. The Morgan fingerprint density at radius 3 is 2.42 bits per heavy atom. The van der Waals surface area contributed by atoms with Crippen LogP contribution in [0.4, 0.5) is 0 Å². The summed E-state index contributed by atoms with van der Waals surface area (Å²) in [5.41, 5.74) is 3.10. The number of methoxy groups -OCH3 is 1. The number of ketones is 3. The third-order valence-corrected chi connectivity index (χ3v) is 14.5. The molecule has 0 radical (unpaired) electrons. The summed E-state index contributed by atoms with van der Waals surface area (Å²) in [6, 6.07) is 10.4. The van der Waals surface area contributed by atoms with Gasteiger partial charge >= 0.3 is 5.97 Å². The van der Waals surface area contributed by atoms with Crippen LogP contribution in [0.5, 0.6) is 11.5 Å². The molecule has 0 saturated heterocycles. The number of fused-ring (bicyclic) bond motifs is 3. The zero-order valence-electron chi connectivity index (χ0n) is 34.2. The second kappa shape index (κ2) is 17.5. The Balaban J connectivity index is 1.08. The average Bonchev–Trinajstić information content (AvgIpc) is 3.85. The van der Waals surface area contributed by atoms with Crippen molar-refractivity contribution in [1.82, 2.24) is 0 Å². The normalized spacial score (nSPS) is 30.5. The smallest absolute Gasteiger partial charge is 0.306 e. The molecule has 2 aromatic carbocycles. The highest BCUT2D eigenvalue weighted by Crippen LogP contribution is 2.58. The molecule has 7 nitrogen and oxygen atoms in total. The summed E-state index contributed by atoms with van der Waals surface area (Å²) in [5.74, 6) is 0.412. The summed E-state index contributed by atoms with van der Waals surface area (Å²) in [4.78, 5) is 55.9. The van der Waals surface area contributed by atoms with Gasteiger partial charge in [0.25, 0.3) is 0 Å². The maximum atomic E-state index is 14.8. The first kappa shape index (κ1) is 39.8. The van der Waals surface area contributed by atoms with Crippen LogP contribution in [0.25, 0.3) is 16.3 Å². The Morgan fingerprint density at radius 2 is 1.63 bits per heavy atom. The monoisotopic (exact) mass is 774 g/mol. The lowest BCUT2D eigenvalue weighted by atomic mass is 9.77. The van der Waals surface area contributed by atoms with E-state index in [0.29, 0.717) is 25.7 Å². The van der Waals surface area contributed by atoms with Gasteiger partial charge in [0.15, 0.2) is 0 Å². The molecule has 0 spiro atoms. The SMILES string of the molecule is COc1ccc2c(OC3CC4C(=O)CC5(C(C)=O)CC5/C=C\CCCCCC(CC(=O)OC5CCCC5)C(=O)C4C3)cc(C3=CCC(CC4CCCC4)=C3)cc2c1. The van der Waals surface area contributed by atoms with Crippen LogP contribution in [-0.4, -0.2) is 42.6 Å². The number of allylic oxidation sites excluding steroid dienone is 6. The largest absolute Gasteiger partial charge is 0.497 e. The molecule has 8 rings (SSSR count). The highest BCUT2D eigenvalue weighted by Gasteiger charge is 2.59. The lowest BCUT2D eigenvalue weighted by molar-refractivity contribution is -0.152. The maximum Gasteiger partial charge on any atom is 0.306 e. The van der Waals surface area contributed by atoms with Gasteiger partial charge in [-0.15, -0.1) is 0 Å². The van der Waals surface area contributed by atoms with Gasteiger partial charge in [0.2, 0.25) is 0 Å². The van der Waals surface area contributed by atoms with Crippen molar-refractivity contribution in [3.8, 4) is 11.5 Å². The van der Waals surface area contributed by atoms with Crippen molar-refractivity contribution >= 4 is 39.7 Å². The van der Waals surface area contributed by atoms with Crippen LogP contribution in [0.3, 0.4) is 0 Å². The molecule has 57 heavy (non-hydrogen) atoms. The zero-order chi connectivity index (χ0) is 39.5. The van der Waals surface area contributed by atoms with Crippen LogP contribution in [-0.2, 0) is 23.9 Å². The molecule has 0 aliphatic heterocycles.